The van der Waals surface area contributed by atoms with E-state index in [1.807, 2.05) is 42.5 Å². The summed E-state index contributed by atoms with van der Waals surface area (Å²) in [7, 11) is 2.91. The quantitative estimate of drug-likeness (QED) is 0.417. The fourth-order valence-corrected chi connectivity index (χ4v) is 5.54. The first-order valence-corrected chi connectivity index (χ1v) is 12.2. The molecule has 0 saturated heterocycles. The second kappa shape index (κ2) is 10.5. The summed E-state index contributed by atoms with van der Waals surface area (Å²) in [4.78, 5) is 14.8. The monoisotopic (exact) mass is 560 g/mol. The van der Waals surface area contributed by atoms with Gasteiger partial charge in [-0.25, -0.2) is 8.78 Å². The zero-order chi connectivity index (χ0) is 25.9. The smallest absolute Gasteiger partial charge is 0.255 e. The molecule has 1 amide bonds. The number of ether oxygens (including phenoxy) is 2. The lowest BCUT2D eigenvalue weighted by Gasteiger charge is -2.40. The Bertz CT molecular complexity index is 1200. The number of methoxy groups -OCH3 is 1. The molecular weight excluding hydrogens is 534 g/mol. The molecule has 1 N–H and O–H groups in total. The largest absolute Gasteiger partial charge is 0.495 e. The molecular formula is C27H27BrF2N2O4. The SMILES string of the molecule is CN(C=O)CC(F)F.COc1cncc2c1C1(O)CCC(c3ccccc3)C1(c1ccc(Br)cc1)O2. The number of hydrogen-bond acceptors (Lipinski definition) is 5. The predicted molar refractivity (Wildman–Crippen MR) is 134 cm³/mol. The van der Waals surface area contributed by atoms with Crippen molar-refractivity contribution in [2.24, 2.45) is 0 Å². The molecule has 3 atom stereocenters. The van der Waals surface area contributed by atoms with Crippen LogP contribution in [0.5, 0.6) is 11.5 Å². The van der Waals surface area contributed by atoms with Crippen molar-refractivity contribution in [3.63, 3.8) is 0 Å². The molecule has 1 saturated carbocycles. The van der Waals surface area contributed by atoms with Crippen molar-refractivity contribution in [2.75, 3.05) is 20.7 Å². The Morgan fingerprint density at radius 1 is 1.22 bits per heavy atom. The zero-order valence-electron chi connectivity index (χ0n) is 19.9. The Balaban J connectivity index is 0.000000331. The van der Waals surface area contributed by atoms with Gasteiger partial charge in [0.25, 0.3) is 6.43 Å². The second-order valence-corrected chi connectivity index (χ2v) is 9.77. The number of halogens is 3. The molecule has 1 aliphatic heterocycles. The minimum Gasteiger partial charge on any atom is -0.495 e. The molecule has 2 heterocycles. The van der Waals surface area contributed by atoms with Gasteiger partial charge in [-0.05, 0) is 36.1 Å². The van der Waals surface area contributed by atoms with Gasteiger partial charge in [0.05, 0.1) is 31.6 Å². The van der Waals surface area contributed by atoms with Gasteiger partial charge < -0.3 is 19.5 Å². The van der Waals surface area contributed by atoms with Crippen molar-refractivity contribution < 1.29 is 28.2 Å². The standard InChI is InChI=1S/C23H20BrNO3.C4H7F2NO/c1-27-19-13-25-14-20-21(19)22(26)12-11-18(15-5-3-2-4-6-15)23(22,28-20)16-7-9-17(24)10-8-16;1-7(3-8)2-4(5)6/h2-10,13-14,18,26H,11-12H2,1H3;3-4H,2H2,1H3. The minimum atomic E-state index is -2.43. The van der Waals surface area contributed by atoms with E-state index < -0.39 is 24.2 Å². The zero-order valence-corrected chi connectivity index (χ0v) is 21.5. The molecule has 0 radical (unpaired) electrons. The van der Waals surface area contributed by atoms with Crippen molar-refractivity contribution >= 4 is 22.3 Å². The molecule has 190 valence electrons. The van der Waals surface area contributed by atoms with Crippen LogP contribution in [0.15, 0.2) is 71.5 Å². The van der Waals surface area contributed by atoms with Gasteiger partial charge in [0.1, 0.15) is 17.1 Å². The number of amides is 1. The highest BCUT2D eigenvalue weighted by molar-refractivity contribution is 9.10. The summed E-state index contributed by atoms with van der Waals surface area (Å²) in [5.74, 6) is 1.15. The van der Waals surface area contributed by atoms with E-state index in [0.717, 1.165) is 26.9 Å². The topological polar surface area (TPSA) is 71.9 Å². The Labute approximate surface area is 217 Å². The van der Waals surface area contributed by atoms with Crippen molar-refractivity contribution in [2.45, 2.75) is 36.4 Å². The summed E-state index contributed by atoms with van der Waals surface area (Å²) < 4.78 is 35.7. The number of benzene rings is 2. The van der Waals surface area contributed by atoms with E-state index in [4.69, 9.17) is 9.47 Å². The van der Waals surface area contributed by atoms with E-state index in [1.54, 1.807) is 19.5 Å². The number of carbonyl (C=O) groups is 1. The highest BCUT2D eigenvalue weighted by atomic mass is 79.9. The molecule has 0 spiro atoms. The summed E-state index contributed by atoms with van der Waals surface area (Å²) in [5, 5.41) is 12.2. The van der Waals surface area contributed by atoms with E-state index in [1.165, 1.54) is 7.05 Å². The van der Waals surface area contributed by atoms with Gasteiger partial charge in [0, 0.05) is 17.4 Å². The van der Waals surface area contributed by atoms with E-state index in [0.29, 0.717) is 29.9 Å². The maximum atomic E-state index is 12.2. The average Bonchev–Trinajstić information content (AvgIpc) is 3.32. The third kappa shape index (κ3) is 4.46. The summed E-state index contributed by atoms with van der Waals surface area (Å²) in [6.07, 6.45) is 2.65. The Morgan fingerprint density at radius 2 is 1.92 bits per heavy atom. The van der Waals surface area contributed by atoms with Crippen molar-refractivity contribution in [3.8, 4) is 11.5 Å². The van der Waals surface area contributed by atoms with Crippen LogP contribution in [-0.4, -0.2) is 48.5 Å². The van der Waals surface area contributed by atoms with Gasteiger partial charge in [-0.15, -0.1) is 0 Å². The summed E-state index contributed by atoms with van der Waals surface area (Å²) in [6.45, 7) is -0.483. The fourth-order valence-electron chi connectivity index (χ4n) is 5.28. The van der Waals surface area contributed by atoms with E-state index in [2.05, 4.69) is 33.0 Å². The summed E-state index contributed by atoms with van der Waals surface area (Å²) in [6, 6.07) is 18.3. The molecule has 1 aliphatic carbocycles. The first kappa shape index (κ1) is 26.0. The van der Waals surface area contributed by atoms with Crippen LogP contribution in [0.2, 0.25) is 0 Å². The molecule has 9 heteroatoms. The maximum Gasteiger partial charge on any atom is 0.255 e. The maximum absolute atomic E-state index is 12.2. The van der Waals surface area contributed by atoms with Gasteiger partial charge in [-0.3, -0.25) is 9.78 Å². The molecule has 5 rings (SSSR count). The lowest BCUT2D eigenvalue weighted by atomic mass is 9.72. The molecule has 1 aromatic heterocycles. The number of aliphatic hydroxyl groups is 1. The van der Waals surface area contributed by atoms with Gasteiger partial charge in [-0.2, -0.15) is 0 Å². The Morgan fingerprint density at radius 3 is 2.50 bits per heavy atom. The van der Waals surface area contributed by atoms with Crippen LogP contribution in [0, 0.1) is 0 Å². The highest BCUT2D eigenvalue weighted by Crippen LogP contribution is 2.67. The van der Waals surface area contributed by atoms with Crippen LogP contribution in [0.25, 0.3) is 0 Å². The van der Waals surface area contributed by atoms with E-state index in [9.17, 15) is 18.7 Å². The van der Waals surface area contributed by atoms with Crippen LogP contribution < -0.4 is 9.47 Å². The number of hydrogen-bond donors (Lipinski definition) is 1. The Hall–Kier alpha value is -3.04. The lowest BCUT2D eigenvalue weighted by molar-refractivity contribution is -0.118. The second-order valence-electron chi connectivity index (χ2n) is 8.86. The van der Waals surface area contributed by atoms with Crippen molar-refractivity contribution in [1.29, 1.82) is 0 Å². The molecule has 6 nitrogen and oxygen atoms in total. The summed E-state index contributed by atoms with van der Waals surface area (Å²) in [5.41, 5.74) is 0.661. The van der Waals surface area contributed by atoms with Gasteiger partial charge in [0.15, 0.2) is 5.60 Å². The molecule has 3 unspecified atom stereocenters. The van der Waals surface area contributed by atoms with Crippen LogP contribution in [0.1, 0.15) is 35.4 Å². The normalized spacial score (nSPS) is 23.7. The number of carbonyl (C=O) groups excluding carboxylic acids is 1. The highest BCUT2D eigenvalue weighted by Gasteiger charge is 2.69. The predicted octanol–water partition coefficient (Wildman–Crippen LogP) is 5.25. The van der Waals surface area contributed by atoms with Crippen LogP contribution >= 0.6 is 15.9 Å². The molecule has 2 aliphatic rings. The van der Waals surface area contributed by atoms with Crippen LogP contribution in [0.3, 0.4) is 0 Å². The fraction of sp³-hybridized carbons (Fsp3) is 0.333. The number of aromatic nitrogens is 1. The third-order valence-electron chi connectivity index (χ3n) is 6.76. The number of rotatable bonds is 6. The molecule has 1 fully saturated rings. The molecule has 3 aromatic rings. The van der Waals surface area contributed by atoms with Gasteiger partial charge in [0.2, 0.25) is 6.41 Å². The van der Waals surface area contributed by atoms with Crippen LogP contribution in [0.4, 0.5) is 8.78 Å². The van der Waals surface area contributed by atoms with Crippen molar-refractivity contribution in [3.05, 3.63) is 88.2 Å². The van der Waals surface area contributed by atoms with Crippen LogP contribution in [-0.2, 0) is 16.0 Å². The number of pyridine rings is 1. The number of fused-ring (bicyclic) bond motifs is 3. The van der Waals surface area contributed by atoms with Crippen molar-refractivity contribution in [1.82, 2.24) is 9.88 Å². The summed E-state index contributed by atoms with van der Waals surface area (Å²) >= 11 is 3.52. The molecule has 36 heavy (non-hydrogen) atoms. The van der Waals surface area contributed by atoms with E-state index >= 15 is 0 Å². The first-order chi connectivity index (χ1) is 17.3. The third-order valence-corrected chi connectivity index (χ3v) is 7.29. The average molecular weight is 561 g/mol. The van der Waals surface area contributed by atoms with Gasteiger partial charge in [-0.1, -0.05) is 58.4 Å². The minimum absolute atomic E-state index is 0.00279. The molecule has 2 aromatic carbocycles. The number of alkyl halides is 2. The lowest BCUT2D eigenvalue weighted by Crippen LogP contribution is -2.48. The number of nitrogens with zero attached hydrogens (tertiary/aromatic N) is 2. The molecule has 0 bridgehead atoms. The first-order valence-electron chi connectivity index (χ1n) is 11.5. The van der Waals surface area contributed by atoms with Gasteiger partial charge >= 0.3 is 0 Å². The van der Waals surface area contributed by atoms with E-state index in [-0.39, 0.29) is 5.92 Å². The Kier molecular flexibility index (Phi) is 7.61.